The number of nitrogens with one attached hydrogen (secondary N) is 1. The van der Waals surface area contributed by atoms with Crippen LogP contribution in [0.5, 0.6) is 0 Å². The lowest BCUT2D eigenvalue weighted by Crippen LogP contribution is -2.20. The fourth-order valence-electron chi connectivity index (χ4n) is 2.18. The fourth-order valence-corrected chi connectivity index (χ4v) is 4.11. The van der Waals surface area contributed by atoms with E-state index in [1.165, 1.54) is 21.8 Å². The summed E-state index contributed by atoms with van der Waals surface area (Å²) in [4.78, 5) is 1.47. The molecular weight excluding hydrogens is 246 g/mol. The molecule has 1 atom stereocenters. The van der Waals surface area contributed by atoms with Crippen LogP contribution in [-0.2, 0) is 6.54 Å². The van der Waals surface area contributed by atoms with Gasteiger partial charge in [-0.05, 0) is 34.0 Å². The summed E-state index contributed by atoms with van der Waals surface area (Å²) in [6.07, 6.45) is 0. The summed E-state index contributed by atoms with van der Waals surface area (Å²) in [7, 11) is 0. The zero-order valence-corrected chi connectivity index (χ0v) is 11.2. The number of fused-ring (bicyclic) bond motifs is 1. The maximum atomic E-state index is 3.56. The van der Waals surface area contributed by atoms with Gasteiger partial charge in [0, 0.05) is 29.7 Å². The van der Waals surface area contributed by atoms with Gasteiger partial charge in [0.1, 0.15) is 0 Å². The van der Waals surface area contributed by atoms with Crippen LogP contribution in [-0.4, -0.2) is 12.3 Å². The molecule has 1 aromatic heterocycles. The normalized spacial score (nSPS) is 18.2. The highest BCUT2D eigenvalue weighted by atomic mass is 32.2. The van der Waals surface area contributed by atoms with Crippen LogP contribution < -0.4 is 5.32 Å². The Labute approximate surface area is 110 Å². The van der Waals surface area contributed by atoms with Crippen molar-refractivity contribution in [2.24, 2.45) is 0 Å². The van der Waals surface area contributed by atoms with E-state index in [0.29, 0.717) is 5.92 Å². The maximum absolute atomic E-state index is 3.56. The van der Waals surface area contributed by atoms with Crippen molar-refractivity contribution in [2.45, 2.75) is 17.4 Å². The number of thioether (sulfide) groups is 1. The molecule has 1 aliphatic rings. The fraction of sp³-hybridized carbons (Fsp3) is 0.286. The molecule has 1 unspecified atom stereocenters. The van der Waals surface area contributed by atoms with Gasteiger partial charge >= 0.3 is 0 Å². The van der Waals surface area contributed by atoms with Gasteiger partial charge in [0.05, 0.1) is 0 Å². The maximum Gasteiger partial charge on any atom is 0.0214 e. The van der Waals surface area contributed by atoms with Crippen molar-refractivity contribution >= 4 is 23.1 Å². The Kier molecular flexibility index (Phi) is 3.50. The van der Waals surface area contributed by atoms with Gasteiger partial charge in [-0.1, -0.05) is 18.2 Å². The van der Waals surface area contributed by atoms with E-state index >= 15 is 0 Å². The zero-order valence-electron chi connectivity index (χ0n) is 9.56. The van der Waals surface area contributed by atoms with Gasteiger partial charge in [0.15, 0.2) is 0 Å². The molecule has 1 nitrogen and oxygen atoms in total. The van der Waals surface area contributed by atoms with Crippen LogP contribution in [0.1, 0.15) is 17.0 Å². The van der Waals surface area contributed by atoms with Crippen molar-refractivity contribution < 1.29 is 0 Å². The van der Waals surface area contributed by atoms with Gasteiger partial charge in [-0.3, -0.25) is 0 Å². The van der Waals surface area contributed by atoms with E-state index in [1.807, 2.05) is 11.8 Å². The van der Waals surface area contributed by atoms with Crippen LogP contribution in [0, 0.1) is 0 Å². The Balaban J connectivity index is 1.57. The molecule has 0 saturated carbocycles. The molecule has 88 valence electrons. The molecule has 1 aliphatic heterocycles. The second-order valence-corrected chi connectivity index (χ2v) is 6.15. The predicted molar refractivity (Wildman–Crippen MR) is 75.9 cm³/mol. The first-order valence-electron chi connectivity index (χ1n) is 5.87. The Hall–Kier alpha value is -0.770. The molecule has 0 amide bonds. The third-order valence-corrected chi connectivity index (χ3v) is 5.08. The number of hydrogen-bond acceptors (Lipinski definition) is 3. The summed E-state index contributed by atoms with van der Waals surface area (Å²) in [5.74, 6) is 1.89. The first kappa shape index (κ1) is 11.3. The Morgan fingerprint density at radius 3 is 3.06 bits per heavy atom. The second kappa shape index (κ2) is 5.25. The molecule has 0 fully saturated rings. The Morgan fingerprint density at radius 1 is 1.24 bits per heavy atom. The van der Waals surface area contributed by atoms with Crippen LogP contribution in [0.25, 0.3) is 0 Å². The first-order chi connectivity index (χ1) is 8.43. The summed E-state index contributed by atoms with van der Waals surface area (Å²) in [6.45, 7) is 2.08. The van der Waals surface area contributed by atoms with Crippen LogP contribution in [0.3, 0.4) is 0 Å². The van der Waals surface area contributed by atoms with E-state index in [9.17, 15) is 0 Å². The van der Waals surface area contributed by atoms with Crippen LogP contribution in [0.2, 0.25) is 0 Å². The minimum atomic E-state index is 0.676. The van der Waals surface area contributed by atoms with Crippen molar-refractivity contribution in [3.8, 4) is 0 Å². The van der Waals surface area contributed by atoms with Gasteiger partial charge in [-0.25, -0.2) is 0 Å². The molecule has 2 aromatic rings. The number of rotatable bonds is 4. The van der Waals surface area contributed by atoms with E-state index in [1.54, 1.807) is 11.3 Å². The van der Waals surface area contributed by atoms with Gasteiger partial charge in [0.25, 0.3) is 0 Å². The van der Waals surface area contributed by atoms with Gasteiger partial charge in [-0.2, -0.15) is 11.3 Å². The quantitative estimate of drug-likeness (QED) is 0.900. The molecular formula is C14H15NS2. The smallest absolute Gasteiger partial charge is 0.0214 e. The summed E-state index contributed by atoms with van der Waals surface area (Å²) in [5.41, 5.74) is 2.92. The molecule has 2 heterocycles. The summed E-state index contributed by atoms with van der Waals surface area (Å²) in [5, 5.41) is 7.91. The van der Waals surface area contributed by atoms with E-state index in [2.05, 4.69) is 46.4 Å². The van der Waals surface area contributed by atoms with Crippen molar-refractivity contribution in [2.75, 3.05) is 12.3 Å². The lowest BCUT2D eigenvalue weighted by Gasteiger charge is -2.11. The highest BCUT2D eigenvalue weighted by Crippen LogP contribution is 2.38. The molecule has 3 rings (SSSR count). The number of thiophene rings is 1. The molecule has 0 spiro atoms. The average molecular weight is 261 g/mol. The molecule has 1 aromatic carbocycles. The standard InChI is InChI=1S/C14H15NS2/c1-2-4-14-13(3-1)12(10-17-14)8-15-7-11-5-6-16-9-11/h1-6,9,12,15H,7-8,10H2. The molecule has 17 heavy (non-hydrogen) atoms. The average Bonchev–Trinajstić information content (AvgIpc) is 2.99. The molecule has 0 bridgehead atoms. The molecule has 3 heteroatoms. The molecule has 1 N–H and O–H groups in total. The highest BCUT2D eigenvalue weighted by molar-refractivity contribution is 7.99. The monoisotopic (exact) mass is 261 g/mol. The third-order valence-electron chi connectivity index (χ3n) is 3.10. The molecule has 0 saturated heterocycles. The van der Waals surface area contributed by atoms with Crippen LogP contribution >= 0.6 is 23.1 Å². The number of hydrogen-bond donors (Lipinski definition) is 1. The third kappa shape index (κ3) is 2.57. The van der Waals surface area contributed by atoms with Crippen LogP contribution in [0.4, 0.5) is 0 Å². The first-order valence-corrected chi connectivity index (χ1v) is 7.80. The number of benzene rings is 1. The molecule has 0 radical (unpaired) electrons. The van der Waals surface area contributed by atoms with Crippen LogP contribution in [0.15, 0.2) is 46.0 Å². The van der Waals surface area contributed by atoms with Gasteiger partial charge in [-0.15, -0.1) is 11.8 Å². The Bertz CT molecular complexity index is 479. The largest absolute Gasteiger partial charge is 0.312 e. The van der Waals surface area contributed by atoms with Crippen molar-refractivity contribution in [3.05, 3.63) is 52.2 Å². The van der Waals surface area contributed by atoms with Gasteiger partial charge < -0.3 is 5.32 Å². The van der Waals surface area contributed by atoms with Crippen molar-refractivity contribution in [1.29, 1.82) is 0 Å². The Morgan fingerprint density at radius 2 is 2.18 bits per heavy atom. The zero-order chi connectivity index (χ0) is 11.5. The van der Waals surface area contributed by atoms with Crippen molar-refractivity contribution in [3.63, 3.8) is 0 Å². The van der Waals surface area contributed by atoms with E-state index < -0.39 is 0 Å². The van der Waals surface area contributed by atoms with Gasteiger partial charge in [0.2, 0.25) is 0 Å². The minimum Gasteiger partial charge on any atom is -0.312 e. The van der Waals surface area contributed by atoms with E-state index in [0.717, 1.165) is 13.1 Å². The lowest BCUT2D eigenvalue weighted by atomic mass is 10.0. The van der Waals surface area contributed by atoms with Crippen molar-refractivity contribution in [1.82, 2.24) is 5.32 Å². The lowest BCUT2D eigenvalue weighted by molar-refractivity contribution is 0.622. The SMILES string of the molecule is c1ccc2c(c1)SCC2CNCc1ccsc1. The predicted octanol–water partition coefficient (Wildman–Crippen LogP) is 3.73. The molecule has 0 aliphatic carbocycles. The second-order valence-electron chi connectivity index (χ2n) is 4.31. The van der Waals surface area contributed by atoms with E-state index in [-0.39, 0.29) is 0 Å². The van der Waals surface area contributed by atoms with E-state index in [4.69, 9.17) is 0 Å². The summed E-state index contributed by atoms with van der Waals surface area (Å²) in [6, 6.07) is 11.0. The summed E-state index contributed by atoms with van der Waals surface area (Å²) < 4.78 is 0. The highest BCUT2D eigenvalue weighted by Gasteiger charge is 2.21. The topological polar surface area (TPSA) is 12.0 Å². The minimum absolute atomic E-state index is 0.676. The summed E-state index contributed by atoms with van der Waals surface area (Å²) >= 11 is 3.75.